The summed E-state index contributed by atoms with van der Waals surface area (Å²) >= 11 is 0. The van der Waals surface area contributed by atoms with Crippen LogP contribution in [0.15, 0.2) is 48.5 Å². The molecule has 1 saturated heterocycles. The maximum absolute atomic E-state index is 12.6. The Kier molecular flexibility index (Phi) is 4.88. The van der Waals surface area contributed by atoms with Crippen molar-refractivity contribution in [2.75, 3.05) is 6.54 Å². The molecule has 0 unspecified atom stereocenters. The molecule has 2 atom stereocenters. The minimum Gasteiger partial charge on any atom is -0.426 e. The Bertz CT molecular complexity index is 765. The van der Waals surface area contributed by atoms with Crippen LogP contribution in [0.3, 0.4) is 0 Å². The van der Waals surface area contributed by atoms with Crippen molar-refractivity contribution < 1.29 is 14.3 Å². The van der Waals surface area contributed by atoms with Gasteiger partial charge in [-0.3, -0.25) is 9.59 Å². The molecule has 130 valence electrons. The standard InChI is InChI=1S/C21H23NO3/c1-14-8-7-9-15(2)20(14)25-21(24)18-12-19(23)22(13-18)16(3)17-10-5-4-6-11-17/h4-11,16,18H,12-13H2,1-3H3/t16-,18-/m0/s1. The second kappa shape index (κ2) is 7.09. The van der Waals surface area contributed by atoms with Crippen LogP contribution in [0.2, 0.25) is 0 Å². The number of hydrogen-bond acceptors (Lipinski definition) is 3. The topological polar surface area (TPSA) is 46.6 Å². The number of para-hydroxylation sites is 1. The third-order valence-corrected chi connectivity index (χ3v) is 4.85. The van der Waals surface area contributed by atoms with Crippen LogP contribution in [0, 0.1) is 19.8 Å². The highest BCUT2D eigenvalue weighted by atomic mass is 16.5. The van der Waals surface area contributed by atoms with E-state index in [0.717, 1.165) is 16.7 Å². The number of likely N-dealkylation sites (tertiary alicyclic amines) is 1. The Morgan fingerprint density at radius 1 is 1.08 bits per heavy atom. The van der Waals surface area contributed by atoms with Crippen molar-refractivity contribution in [3.63, 3.8) is 0 Å². The Labute approximate surface area is 148 Å². The van der Waals surface area contributed by atoms with Crippen molar-refractivity contribution in [3.05, 3.63) is 65.2 Å². The smallest absolute Gasteiger partial charge is 0.316 e. The fourth-order valence-electron chi connectivity index (χ4n) is 3.32. The lowest BCUT2D eigenvalue weighted by atomic mass is 10.1. The summed E-state index contributed by atoms with van der Waals surface area (Å²) in [4.78, 5) is 26.7. The lowest BCUT2D eigenvalue weighted by molar-refractivity contribution is -0.139. The molecule has 1 fully saturated rings. The Hall–Kier alpha value is -2.62. The highest BCUT2D eigenvalue weighted by Crippen LogP contribution is 2.30. The van der Waals surface area contributed by atoms with Crippen molar-refractivity contribution in [1.29, 1.82) is 0 Å². The van der Waals surface area contributed by atoms with E-state index in [1.54, 1.807) is 4.90 Å². The number of carbonyl (C=O) groups excluding carboxylic acids is 2. The minimum atomic E-state index is -0.419. The van der Waals surface area contributed by atoms with E-state index >= 15 is 0 Å². The number of nitrogens with zero attached hydrogens (tertiary/aromatic N) is 1. The lowest BCUT2D eigenvalue weighted by Gasteiger charge is -2.25. The van der Waals surface area contributed by atoms with E-state index in [0.29, 0.717) is 12.3 Å². The number of rotatable bonds is 4. The van der Waals surface area contributed by atoms with Crippen LogP contribution in [0.25, 0.3) is 0 Å². The summed E-state index contributed by atoms with van der Waals surface area (Å²) in [5, 5.41) is 0. The predicted octanol–water partition coefficient (Wildman–Crippen LogP) is 3.82. The molecule has 3 rings (SSSR count). The van der Waals surface area contributed by atoms with E-state index in [2.05, 4.69) is 0 Å². The van der Waals surface area contributed by atoms with Crippen LogP contribution < -0.4 is 4.74 Å². The van der Waals surface area contributed by atoms with Crippen LogP contribution in [0.4, 0.5) is 0 Å². The van der Waals surface area contributed by atoms with E-state index in [4.69, 9.17) is 4.74 Å². The first-order valence-corrected chi connectivity index (χ1v) is 8.59. The van der Waals surface area contributed by atoms with Gasteiger partial charge in [0.05, 0.1) is 12.0 Å². The van der Waals surface area contributed by atoms with Gasteiger partial charge in [-0.05, 0) is 37.5 Å². The van der Waals surface area contributed by atoms with Crippen LogP contribution in [-0.2, 0) is 9.59 Å². The summed E-state index contributed by atoms with van der Waals surface area (Å²) in [5.74, 6) is -0.138. The van der Waals surface area contributed by atoms with Crippen molar-refractivity contribution in [1.82, 2.24) is 4.90 Å². The minimum absolute atomic E-state index is 0.000177. The number of carbonyl (C=O) groups is 2. The molecule has 1 aliphatic heterocycles. The van der Waals surface area contributed by atoms with Crippen molar-refractivity contribution in [2.24, 2.45) is 5.92 Å². The van der Waals surface area contributed by atoms with Gasteiger partial charge in [0.1, 0.15) is 5.75 Å². The summed E-state index contributed by atoms with van der Waals surface area (Å²) in [6.45, 7) is 6.23. The van der Waals surface area contributed by atoms with E-state index in [1.807, 2.05) is 69.3 Å². The third-order valence-electron chi connectivity index (χ3n) is 4.85. The summed E-state index contributed by atoms with van der Waals surface area (Å²) < 4.78 is 5.62. The number of hydrogen-bond donors (Lipinski definition) is 0. The van der Waals surface area contributed by atoms with E-state index in [-0.39, 0.29) is 24.3 Å². The van der Waals surface area contributed by atoms with Gasteiger partial charge in [0.2, 0.25) is 5.91 Å². The van der Waals surface area contributed by atoms with Crippen LogP contribution in [-0.4, -0.2) is 23.3 Å². The van der Waals surface area contributed by atoms with Gasteiger partial charge in [-0.15, -0.1) is 0 Å². The molecule has 4 heteroatoms. The predicted molar refractivity (Wildman–Crippen MR) is 96.2 cm³/mol. The van der Waals surface area contributed by atoms with E-state index < -0.39 is 5.92 Å². The summed E-state index contributed by atoms with van der Waals surface area (Å²) in [6.07, 6.45) is 0.209. The number of aryl methyl sites for hydroxylation is 2. The van der Waals surface area contributed by atoms with Crippen molar-refractivity contribution in [2.45, 2.75) is 33.2 Å². The zero-order valence-corrected chi connectivity index (χ0v) is 14.9. The van der Waals surface area contributed by atoms with Gasteiger partial charge in [-0.25, -0.2) is 0 Å². The molecule has 0 saturated carbocycles. The first kappa shape index (κ1) is 17.2. The first-order chi connectivity index (χ1) is 12.0. The second-order valence-corrected chi connectivity index (χ2v) is 6.68. The Morgan fingerprint density at radius 2 is 1.72 bits per heavy atom. The van der Waals surface area contributed by atoms with Crippen molar-refractivity contribution in [3.8, 4) is 5.75 Å². The summed E-state index contributed by atoms with van der Waals surface area (Å²) in [5.41, 5.74) is 2.92. The van der Waals surface area contributed by atoms with Gasteiger partial charge in [0.15, 0.2) is 0 Å². The lowest BCUT2D eigenvalue weighted by Crippen LogP contribution is -2.30. The number of benzene rings is 2. The zero-order valence-electron chi connectivity index (χ0n) is 14.9. The average molecular weight is 337 g/mol. The van der Waals surface area contributed by atoms with Crippen LogP contribution >= 0.6 is 0 Å². The fourth-order valence-corrected chi connectivity index (χ4v) is 3.32. The molecule has 4 nitrogen and oxygen atoms in total. The van der Waals surface area contributed by atoms with Gasteiger partial charge < -0.3 is 9.64 Å². The molecular formula is C21H23NO3. The van der Waals surface area contributed by atoms with Crippen molar-refractivity contribution >= 4 is 11.9 Å². The largest absolute Gasteiger partial charge is 0.426 e. The highest BCUT2D eigenvalue weighted by molar-refractivity contribution is 5.88. The molecule has 0 aliphatic carbocycles. The van der Waals surface area contributed by atoms with E-state index in [1.165, 1.54) is 0 Å². The van der Waals surface area contributed by atoms with Crippen LogP contribution in [0.5, 0.6) is 5.75 Å². The zero-order chi connectivity index (χ0) is 18.0. The molecule has 2 aromatic rings. The van der Waals surface area contributed by atoms with Crippen LogP contribution in [0.1, 0.15) is 36.1 Å². The van der Waals surface area contributed by atoms with Gasteiger partial charge in [0.25, 0.3) is 0 Å². The molecule has 0 spiro atoms. The van der Waals surface area contributed by atoms with Gasteiger partial charge in [-0.1, -0.05) is 48.5 Å². The monoisotopic (exact) mass is 337 g/mol. The van der Waals surface area contributed by atoms with Gasteiger partial charge in [0, 0.05) is 13.0 Å². The molecule has 2 aromatic carbocycles. The Balaban J connectivity index is 1.71. The maximum Gasteiger partial charge on any atom is 0.316 e. The molecule has 0 radical (unpaired) electrons. The summed E-state index contributed by atoms with van der Waals surface area (Å²) in [7, 11) is 0. The molecule has 0 N–H and O–H groups in total. The first-order valence-electron chi connectivity index (χ1n) is 8.59. The van der Waals surface area contributed by atoms with Gasteiger partial charge >= 0.3 is 5.97 Å². The molecule has 25 heavy (non-hydrogen) atoms. The second-order valence-electron chi connectivity index (χ2n) is 6.68. The number of ether oxygens (including phenoxy) is 1. The molecular weight excluding hydrogens is 314 g/mol. The molecule has 1 amide bonds. The third kappa shape index (κ3) is 3.58. The highest BCUT2D eigenvalue weighted by Gasteiger charge is 2.38. The number of esters is 1. The molecule has 0 bridgehead atoms. The molecule has 1 heterocycles. The Morgan fingerprint density at radius 3 is 2.36 bits per heavy atom. The SMILES string of the molecule is Cc1cccc(C)c1OC(=O)[C@H]1CC(=O)N([C@@H](C)c2ccccc2)C1. The normalized spacial score (nSPS) is 18.3. The fraction of sp³-hybridized carbons (Fsp3) is 0.333. The molecule has 1 aliphatic rings. The maximum atomic E-state index is 12.6. The molecule has 0 aromatic heterocycles. The number of amides is 1. The summed E-state index contributed by atoms with van der Waals surface area (Å²) in [6, 6.07) is 15.6. The van der Waals surface area contributed by atoms with Gasteiger partial charge in [-0.2, -0.15) is 0 Å². The average Bonchev–Trinajstić information content (AvgIpc) is 3.00. The van der Waals surface area contributed by atoms with E-state index in [9.17, 15) is 9.59 Å². The quantitative estimate of drug-likeness (QED) is 0.629.